The fraction of sp³-hybridized carbons (Fsp3) is 0.478. The van der Waals surface area contributed by atoms with Gasteiger partial charge in [-0.3, -0.25) is 4.79 Å². The third-order valence-electron chi connectivity index (χ3n) is 6.87. The van der Waals surface area contributed by atoms with E-state index in [-0.39, 0.29) is 17.3 Å². The second kappa shape index (κ2) is 8.30. The van der Waals surface area contributed by atoms with Crippen molar-refractivity contribution in [1.29, 1.82) is 0 Å². The van der Waals surface area contributed by atoms with Crippen LogP contribution >= 0.6 is 0 Å². The number of methoxy groups -OCH3 is 1. The van der Waals surface area contributed by atoms with Crippen molar-refractivity contribution >= 4 is 11.7 Å². The number of nitrogens with zero attached hydrogens (tertiary/aromatic N) is 7. The summed E-state index contributed by atoms with van der Waals surface area (Å²) in [7, 11) is 3.20. The summed E-state index contributed by atoms with van der Waals surface area (Å²) in [5, 5.41) is 16.0. The quantitative estimate of drug-likeness (QED) is 0.623. The third-order valence-corrected chi connectivity index (χ3v) is 6.87. The number of nitrogens with one attached hydrogen (secondary N) is 1. The zero-order chi connectivity index (χ0) is 24.0. The lowest BCUT2D eigenvalue weighted by atomic mass is 9.86. The zero-order valence-electron chi connectivity index (χ0n) is 19.7. The molecule has 10 nitrogen and oxygen atoms in total. The molecule has 1 fully saturated rings. The number of rotatable bonds is 4. The highest BCUT2D eigenvalue weighted by molar-refractivity contribution is 5.84. The summed E-state index contributed by atoms with van der Waals surface area (Å²) in [6.07, 6.45) is 3.60. The van der Waals surface area contributed by atoms with Crippen LogP contribution in [0.5, 0.6) is 5.88 Å². The van der Waals surface area contributed by atoms with Crippen molar-refractivity contribution in [3.8, 4) is 17.3 Å². The molecule has 11 heteroatoms. The number of carbonyl (C=O) groups excluding carboxylic acids is 1. The molecule has 2 aliphatic rings. The highest BCUT2D eigenvalue weighted by Gasteiger charge is 2.43. The van der Waals surface area contributed by atoms with E-state index in [2.05, 4.69) is 31.8 Å². The van der Waals surface area contributed by atoms with E-state index in [0.29, 0.717) is 24.5 Å². The number of pyridine rings is 2. The Hall–Kier alpha value is -3.63. The Bertz CT molecular complexity index is 1260. The summed E-state index contributed by atoms with van der Waals surface area (Å²) in [6, 6.07) is 3.57. The zero-order valence-corrected chi connectivity index (χ0v) is 19.7. The van der Waals surface area contributed by atoms with Crippen molar-refractivity contribution in [2.24, 2.45) is 7.05 Å². The Kier molecular flexibility index (Phi) is 5.41. The smallest absolute Gasteiger partial charge is 0.230 e. The maximum atomic E-state index is 14.4. The second-order valence-corrected chi connectivity index (χ2v) is 9.12. The van der Waals surface area contributed by atoms with E-state index in [1.165, 1.54) is 18.0 Å². The van der Waals surface area contributed by atoms with Crippen molar-refractivity contribution in [2.45, 2.75) is 44.6 Å². The average Bonchev–Trinajstić information content (AvgIpc) is 3.44. The minimum absolute atomic E-state index is 0.107. The Balaban J connectivity index is 1.33. The topological polar surface area (TPSA) is 111 Å². The van der Waals surface area contributed by atoms with Crippen LogP contribution in [0.2, 0.25) is 0 Å². The predicted molar refractivity (Wildman–Crippen MR) is 122 cm³/mol. The number of ether oxygens (including phenoxy) is 1. The number of halogens is 1. The van der Waals surface area contributed by atoms with Crippen molar-refractivity contribution in [3.05, 3.63) is 41.0 Å². The molecule has 2 atom stereocenters. The number of aryl methyl sites for hydroxylation is 3. The molecule has 0 unspecified atom stereocenters. The highest BCUT2D eigenvalue weighted by Crippen LogP contribution is 2.38. The predicted octanol–water partition coefficient (Wildman–Crippen LogP) is 2.26. The summed E-state index contributed by atoms with van der Waals surface area (Å²) in [6.45, 7) is 4.81. The molecule has 5 rings (SSSR count). The molecule has 0 aliphatic carbocycles. The molecule has 1 spiro atoms. The Morgan fingerprint density at radius 1 is 1.32 bits per heavy atom. The fourth-order valence-electron chi connectivity index (χ4n) is 4.90. The first-order valence-electron chi connectivity index (χ1n) is 11.3. The van der Waals surface area contributed by atoms with Crippen molar-refractivity contribution in [3.63, 3.8) is 0 Å². The number of fused-ring (bicyclic) bond motifs is 1. The molecule has 3 aromatic heterocycles. The van der Waals surface area contributed by atoms with Gasteiger partial charge in [0.25, 0.3) is 0 Å². The Morgan fingerprint density at radius 3 is 2.88 bits per heavy atom. The number of tetrazole rings is 1. The van der Waals surface area contributed by atoms with Crippen LogP contribution in [0.3, 0.4) is 0 Å². The van der Waals surface area contributed by atoms with Crippen LogP contribution in [0.15, 0.2) is 18.3 Å². The summed E-state index contributed by atoms with van der Waals surface area (Å²) < 4.78 is 19.5. The van der Waals surface area contributed by atoms with Gasteiger partial charge in [-0.05, 0) is 50.0 Å². The van der Waals surface area contributed by atoms with Crippen molar-refractivity contribution < 1.29 is 13.9 Å². The lowest BCUT2D eigenvalue weighted by Crippen LogP contribution is -2.46. The maximum absolute atomic E-state index is 14.4. The highest BCUT2D eigenvalue weighted by atomic mass is 19.1. The van der Waals surface area contributed by atoms with Crippen LogP contribution in [-0.4, -0.2) is 66.7 Å². The molecule has 0 aromatic carbocycles. The number of hydrogen-bond donors (Lipinski definition) is 1. The first-order valence-corrected chi connectivity index (χ1v) is 11.3. The average molecular weight is 467 g/mol. The SMILES string of the molecule is COc1cc([C@@H](C)C(=O)N2CC[C@]3(CCc4cc(-c5nnn(C)n5)c(C)nc4N3)C2)c(F)cn1. The van der Waals surface area contributed by atoms with Crippen LogP contribution in [0.25, 0.3) is 11.4 Å². The fourth-order valence-corrected chi connectivity index (χ4v) is 4.90. The monoisotopic (exact) mass is 466 g/mol. The number of carbonyl (C=O) groups is 1. The molecule has 5 heterocycles. The first kappa shape index (κ1) is 22.2. The van der Waals surface area contributed by atoms with Gasteiger partial charge in [-0.15, -0.1) is 10.2 Å². The Labute approximate surface area is 196 Å². The van der Waals surface area contributed by atoms with Crippen molar-refractivity contribution in [2.75, 3.05) is 25.5 Å². The molecule has 34 heavy (non-hydrogen) atoms. The van der Waals surface area contributed by atoms with Crippen LogP contribution < -0.4 is 10.1 Å². The molecule has 1 N–H and O–H groups in total. The van der Waals surface area contributed by atoms with Gasteiger partial charge in [0.15, 0.2) is 0 Å². The minimum Gasteiger partial charge on any atom is -0.481 e. The molecule has 178 valence electrons. The number of likely N-dealkylation sites (tertiary alicyclic amines) is 1. The maximum Gasteiger partial charge on any atom is 0.230 e. The molecular formula is C23H27FN8O2. The minimum atomic E-state index is -0.634. The standard InChI is InChI=1S/C23H27FN8O2/c1-13(16-10-19(34-4)25-11-18(16)24)22(33)32-8-7-23(12-32)6-5-15-9-17(14(2)26-20(15)27-23)21-28-30-31(3)29-21/h9-11,13H,5-8,12H2,1-4H3,(H,26,27)/t13-,23-/m1/s1. The van der Waals surface area contributed by atoms with Gasteiger partial charge in [0.2, 0.25) is 17.6 Å². The number of hydrogen-bond acceptors (Lipinski definition) is 8. The molecule has 0 saturated carbocycles. The van der Waals surface area contributed by atoms with E-state index in [9.17, 15) is 9.18 Å². The summed E-state index contributed by atoms with van der Waals surface area (Å²) in [5.41, 5.74) is 2.84. The molecule has 3 aromatic rings. The molecule has 1 amide bonds. The summed E-state index contributed by atoms with van der Waals surface area (Å²) in [4.78, 5) is 25.2. The summed E-state index contributed by atoms with van der Waals surface area (Å²) in [5.74, 6) is 0.436. The Morgan fingerprint density at radius 2 is 2.15 bits per heavy atom. The van der Waals surface area contributed by atoms with E-state index in [1.807, 2.05) is 11.8 Å². The molecule has 0 radical (unpaired) electrons. The molecule has 1 saturated heterocycles. The van der Waals surface area contributed by atoms with Crippen LogP contribution in [-0.2, 0) is 18.3 Å². The third kappa shape index (κ3) is 3.84. The van der Waals surface area contributed by atoms with Gasteiger partial charge in [-0.1, -0.05) is 0 Å². The van der Waals surface area contributed by atoms with Gasteiger partial charge in [-0.2, -0.15) is 4.80 Å². The van der Waals surface area contributed by atoms with Gasteiger partial charge in [0, 0.05) is 30.3 Å². The van der Waals surface area contributed by atoms with E-state index < -0.39 is 11.7 Å². The van der Waals surface area contributed by atoms with Gasteiger partial charge in [0.1, 0.15) is 11.6 Å². The lowest BCUT2D eigenvalue weighted by Gasteiger charge is -2.36. The van der Waals surface area contributed by atoms with E-state index in [1.54, 1.807) is 14.0 Å². The van der Waals surface area contributed by atoms with Crippen LogP contribution in [0.1, 0.15) is 42.5 Å². The van der Waals surface area contributed by atoms with Gasteiger partial charge in [0.05, 0.1) is 37.5 Å². The van der Waals surface area contributed by atoms with Gasteiger partial charge < -0.3 is 15.0 Å². The van der Waals surface area contributed by atoms with E-state index >= 15 is 0 Å². The summed E-state index contributed by atoms with van der Waals surface area (Å²) >= 11 is 0. The number of amides is 1. The van der Waals surface area contributed by atoms with Crippen molar-refractivity contribution in [1.82, 2.24) is 35.1 Å². The van der Waals surface area contributed by atoms with Gasteiger partial charge >= 0.3 is 0 Å². The van der Waals surface area contributed by atoms with Gasteiger partial charge in [-0.25, -0.2) is 14.4 Å². The largest absolute Gasteiger partial charge is 0.481 e. The van der Waals surface area contributed by atoms with E-state index in [0.717, 1.165) is 48.1 Å². The molecular weight excluding hydrogens is 439 g/mol. The molecule has 0 bridgehead atoms. The lowest BCUT2D eigenvalue weighted by molar-refractivity contribution is -0.131. The van der Waals surface area contributed by atoms with Crippen LogP contribution in [0, 0.1) is 12.7 Å². The van der Waals surface area contributed by atoms with E-state index in [4.69, 9.17) is 9.72 Å². The van der Waals surface area contributed by atoms with Crippen LogP contribution in [0.4, 0.5) is 10.2 Å². The first-order chi connectivity index (χ1) is 16.3. The molecule has 2 aliphatic heterocycles. The number of aromatic nitrogens is 6. The number of anilines is 1. The normalized spacial score (nSPS) is 20.2. The second-order valence-electron chi connectivity index (χ2n) is 9.12.